The van der Waals surface area contributed by atoms with Crippen LogP contribution in [0.2, 0.25) is 0 Å². The molecule has 0 aromatic heterocycles. The van der Waals surface area contributed by atoms with Crippen LogP contribution in [0.5, 0.6) is 0 Å². The van der Waals surface area contributed by atoms with Gasteiger partial charge in [-0.05, 0) is 30.5 Å². The highest BCUT2D eigenvalue weighted by molar-refractivity contribution is 5.29. The van der Waals surface area contributed by atoms with E-state index in [1.54, 1.807) is 13.0 Å². The van der Waals surface area contributed by atoms with Crippen molar-refractivity contribution >= 4 is 0 Å². The van der Waals surface area contributed by atoms with E-state index in [1.807, 2.05) is 6.07 Å². The molecule has 0 fully saturated rings. The molecular formula is C11H16FN. The van der Waals surface area contributed by atoms with Gasteiger partial charge in [0, 0.05) is 6.04 Å². The monoisotopic (exact) mass is 181 g/mol. The van der Waals surface area contributed by atoms with Crippen molar-refractivity contribution in [1.29, 1.82) is 0 Å². The van der Waals surface area contributed by atoms with E-state index < -0.39 is 0 Å². The minimum absolute atomic E-state index is 0.0271. The molecule has 1 aromatic carbocycles. The summed E-state index contributed by atoms with van der Waals surface area (Å²) in [6, 6.07) is 5.06. The van der Waals surface area contributed by atoms with E-state index in [4.69, 9.17) is 5.73 Å². The molecule has 1 atom stereocenters. The second-order valence-corrected chi connectivity index (χ2v) is 3.35. The molecule has 0 spiro atoms. The van der Waals surface area contributed by atoms with Gasteiger partial charge in [0.2, 0.25) is 0 Å². The van der Waals surface area contributed by atoms with Crippen LogP contribution in [0.25, 0.3) is 0 Å². The van der Waals surface area contributed by atoms with Crippen molar-refractivity contribution in [3.05, 3.63) is 35.1 Å². The molecule has 0 radical (unpaired) electrons. The first-order valence-electron chi connectivity index (χ1n) is 4.67. The Morgan fingerprint density at radius 3 is 2.77 bits per heavy atom. The Balaban J connectivity index is 2.93. The highest BCUT2D eigenvalue weighted by atomic mass is 19.1. The molecule has 1 nitrogen and oxygen atoms in total. The molecule has 0 saturated heterocycles. The summed E-state index contributed by atoms with van der Waals surface area (Å²) in [6.45, 7) is 3.86. The molecule has 13 heavy (non-hydrogen) atoms. The van der Waals surface area contributed by atoms with Crippen molar-refractivity contribution < 1.29 is 4.39 Å². The third-order valence-electron chi connectivity index (χ3n) is 2.31. The molecule has 0 amide bonds. The van der Waals surface area contributed by atoms with Crippen LogP contribution in [0.3, 0.4) is 0 Å². The van der Waals surface area contributed by atoms with Gasteiger partial charge in [0.15, 0.2) is 0 Å². The summed E-state index contributed by atoms with van der Waals surface area (Å²) in [5, 5.41) is 0. The van der Waals surface area contributed by atoms with Crippen LogP contribution in [0.15, 0.2) is 18.2 Å². The lowest BCUT2D eigenvalue weighted by atomic mass is 9.98. The summed E-state index contributed by atoms with van der Waals surface area (Å²) in [7, 11) is 0. The lowest BCUT2D eigenvalue weighted by molar-refractivity contribution is 0.594. The van der Waals surface area contributed by atoms with E-state index >= 15 is 0 Å². The van der Waals surface area contributed by atoms with Crippen LogP contribution >= 0.6 is 0 Å². The molecule has 2 heteroatoms. The summed E-state index contributed by atoms with van der Waals surface area (Å²) < 4.78 is 13.1. The SMILES string of the molecule is CCC[C@H](N)c1cccc(F)c1C. The van der Waals surface area contributed by atoms with E-state index in [9.17, 15) is 4.39 Å². The highest BCUT2D eigenvalue weighted by Crippen LogP contribution is 2.21. The van der Waals surface area contributed by atoms with Gasteiger partial charge in [-0.25, -0.2) is 4.39 Å². The van der Waals surface area contributed by atoms with Crippen LogP contribution in [0.4, 0.5) is 4.39 Å². The summed E-state index contributed by atoms with van der Waals surface area (Å²) in [4.78, 5) is 0. The summed E-state index contributed by atoms with van der Waals surface area (Å²) in [6.07, 6.45) is 1.93. The maximum atomic E-state index is 13.1. The van der Waals surface area contributed by atoms with E-state index in [0.717, 1.165) is 18.4 Å². The standard InChI is InChI=1S/C11H16FN/c1-3-5-11(13)9-6-4-7-10(12)8(9)2/h4,6-7,11H,3,5,13H2,1-2H3/t11-/m0/s1. The molecule has 1 rings (SSSR count). The first-order valence-corrected chi connectivity index (χ1v) is 4.67. The van der Waals surface area contributed by atoms with Gasteiger partial charge in [-0.1, -0.05) is 25.5 Å². The number of nitrogens with two attached hydrogens (primary N) is 1. The first-order chi connectivity index (χ1) is 6.16. The van der Waals surface area contributed by atoms with Crippen LogP contribution < -0.4 is 5.73 Å². The van der Waals surface area contributed by atoms with Gasteiger partial charge >= 0.3 is 0 Å². The summed E-state index contributed by atoms with van der Waals surface area (Å²) in [5.74, 6) is -0.163. The maximum absolute atomic E-state index is 13.1. The summed E-state index contributed by atoms with van der Waals surface area (Å²) in [5.41, 5.74) is 7.52. The third-order valence-corrected chi connectivity index (χ3v) is 2.31. The van der Waals surface area contributed by atoms with Gasteiger partial charge in [0.05, 0.1) is 0 Å². The van der Waals surface area contributed by atoms with E-state index in [1.165, 1.54) is 6.07 Å². The molecule has 1 aromatic rings. The highest BCUT2D eigenvalue weighted by Gasteiger charge is 2.09. The molecule has 2 N–H and O–H groups in total. The number of hydrogen-bond acceptors (Lipinski definition) is 1. The van der Waals surface area contributed by atoms with E-state index in [2.05, 4.69) is 6.92 Å². The molecule has 0 aliphatic rings. The van der Waals surface area contributed by atoms with Crippen molar-refractivity contribution in [3.8, 4) is 0 Å². The van der Waals surface area contributed by atoms with Crippen LogP contribution in [-0.4, -0.2) is 0 Å². The van der Waals surface area contributed by atoms with Crippen LogP contribution in [0.1, 0.15) is 36.9 Å². The molecule has 0 aliphatic carbocycles. The largest absolute Gasteiger partial charge is 0.324 e. The molecule has 0 heterocycles. The fourth-order valence-corrected chi connectivity index (χ4v) is 1.49. The second-order valence-electron chi connectivity index (χ2n) is 3.35. The van der Waals surface area contributed by atoms with Crippen molar-refractivity contribution in [2.24, 2.45) is 5.73 Å². The predicted octanol–water partition coefficient (Wildman–Crippen LogP) is 2.93. The van der Waals surface area contributed by atoms with Crippen molar-refractivity contribution in [3.63, 3.8) is 0 Å². The van der Waals surface area contributed by atoms with Gasteiger partial charge < -0.3 is 5.73 Å². The van der Waals surface area contributed by atoms with Gasteiger partial charge in [0.25, 0.3) is 0 Å². The number of rotatable bonds is 3. The third kappa shape index (κ3) is 2.28. The number of benzene rings is 1. The van der Waals surface area contributed by atoms with E-state index in [0.29, 0.717) is 5.56 Å². The zero-order chi connectivity index (χ0) is 9.84. The van der Waals surface area contributed by atoms with Crippen molar-refractivity contribution in [2.75, 3.05) is 0 Å². The molecular weight excluding hydrogens is 165 g/mol. The zero-order valence-corrected chi connectivity index (χ0v) is 8.18. The Kier molecular flexibility index (Phi) is 3.43. The Morgan fingerprint density at radius 2 is 2.15 bits per heavy atom. The van der Waals surface area contributed by atoms with Crippen LogP contribution in [0, 0.1) is 12.7 Å². The minimum atomic E-state index is -0.163. The Bertz CT molecular complexity index is 283. The molecule has 0 saturated carbocycles. The Labute approximate surface area is 78.8 Å². The topological polar surface area (TPSA) is 26.0 Å². The fraction of sp³-hybridized carbons (Fsp3) is 0.455. The van der Waals surface area contributed by atoms with E-state index in [-0.39, 0.29) is 11.9 Å². The molecule has 0 aliphatic heterocycles. The Morgan fingerprint density at radius 1 is 1.46 bits per heavy atom. The minimum Gasteiger partial charge on any atom is -0.324 e. The fourth-order valence-electron chi connectivity index (χ4n) is 1.49. The first kappa shape index (κ1) is 10.2. The lowest BCUT2D eigenvalue weighted by Crippen LogP contribution is -2.11. The summed E-state index contributed by atoms with van der Waals surface area (Å²) >= 11 is 0. The number of hydrogen-bond donors (Lipinski definition) is 1. The smallest absolute Gasteiger partial charge is 0.126 e. The van der Waals surface area contributed by atoms with Crippen molar-refractivity contribution in [1.82, 2.24) is 0 Å². The lowest BCUT2D eigenvalue weighted by Gasteiger charge is -2.13. The number of halogens is 1. The second kappa shape index (κ2) is 4.38. The maximum Gasteiger partial charge on any atom is 0.126 e. The molecule has 0 unspecified atom stereocenters. The quantitative estimate of drug-likeness (QED) is 0.762. The molecule has 0 bridgehead atoms. The predicted molar refractivity (Wildman–Crippen MR) is 53.0 cm³/mol. The Hall–Kier alpha value is -0.890. The average molecular weight is 181 g/mol. The van der Waals surface area contributed by atoms with Crippen LogP contribution in [-0.2, 0) is 0 Å². The normalized spacial score (nSPS) is 12.9. The average Bonchev–Trinajstić information content (AvgIpc) is 2.10. The van der Waals surface area contributed by atoms with Gasteiger partial charge in [0.1, 0.15) is 5.82 Å². The van der Waals surface area contributed by atoms with Gasteiger partial charge in [-0.3, -0.25) is 0 Å². The zero-order valence-electron chi connectivity index (χ0n) is 8.18. The van der Waals surface area contributed by atoms with Gasteiger partial charge in [-0.2, -0.15) is 0 Å². The van der Waals surface area contributed by atoms with Crippen molar-refractivity contribution in [2.45, 2.75) is 32.7 Å². The van der Waals surface area contributed by atoms with Gasteiger partial charge in [-0.15, -0.1) is 0 Å². The molecule has 72 valence electrons.